The fraction of sp³-hybridized carbons (Fsp3) is 0.100. The predicted molar refractivity (Wildman–Crippen MR) is 59.4 cm³/mol. The molecule has 2 aromatic heterocycles. The van der Waals surface area contributed by atoms with Crippen LogP contribution in [0, 0.1) is 0 Å². The number of hydrogen-bond donors (Lipinski definition) is 0. The van der Waals surface area contributed by atoms with Crippen molar-refractivity contribution in [2.75, 3.05) is 0 Å². The number of rotatable bonds is 3. The minimum atomic E-state index is 0.0571. The molecular formula is C10H7ClN2OS. The van der Waals surface area contributed by atoms with Crippen LogP contribution in [0.2, 0.25) is 5.15 Å². The third-order valence-corrected chi connectivity index (χ3v) is 2.94. The molecule has 2 rings (SSSR count). The van der Waals surface area contributed by atoms with Gasteiger partial charge < -0.3 is 0 Å². The Balaban J connectivity index is 2.09. The van der Waals surface area contributed by atoms with Gasteiger partial charge in [0, 0.05) is 0 Å². The number of carbonyl (C=O) groups is 1. The quantitative estimate of drug-likeness (QED) is 0.772. The average molecular weight is 239 g/mol. The van der Waals surface area contributed by atoms with Crippen LogP contribution in [0.25, 0.3) is 0 Å². The normalized spacial score (nSPS) is 10.2. The van der Waals surface area contributed by atoms with Crippen LogP contribution in [-0.2, 0) is 6.42 Å². The van der Waals surface area contributed by atoms with Crippen LogP contribution < -0.4 is 0 Å². The highest BCUT2D eigenvalue weighted by molar-refractivity contribution is 7.12. The van der Waals surface area contributed by atoms with E-state index in [1.165, 1.54) is 11.3 Å². The molecule has 0 aliphatic carbocycles. The van der Waals surface area contributed by atoms with Gasteiger partial charge in [0.15, 0.2) is 10.9 Å². The molecule has 0 unspecified atom stereocenters. The third kappa shape index (κ3) is 2.61. The van der Waals surface area contributed by atoms with Gasteiger partial charge in [-0.3, -0.25) is 4.79 Å². The summed E-state index contributed by atoms with van der Waals surface area (Å²) in [6, 6.07) is 6.99. The van der Waals surface area contributed by atoms with Gasteiger partial charge in [0.25, 0.3) is 0 Å². The lowest BCUT2D eigenvalue weighted by atomic mass is 10.2. The lowest BCUT2D eigenvalue weighted by Gasteiger charge is -1.97. The summed E-state index contributed by atoms with van der Waals surface area (Å²) in [6.45, 7) is 0. The van der Waals surface area contributed by atoms with E-state index in [1.54, 1.807) is 18.2 Å². The van der Waals surface area contributed by atoms with Crippen molar-refractivity contribution in [1.82, 2.24) is 10.2 Å². The topological polar surface area (TPSA) is 42.9 Å². The number of nitrogens with zero attached hydrogens (tertiary/aromatic N) is 2. The molecule has 0 aliphatic heterocycles. The number of ketones is 1. The van der Waals surface area contributed by atoms with Crippen LogP contribution in [0.1, 0.15) is 15.4 Å². The van der Waals surface area contributed by atoms with Crippen LogP contribution in [0.3, 0.4) is 0 Å². The maximum Gasteiger partial charge on any atom is 0.178 e. The summed E-state index contributed by atoms with van der Waals surface area (Å²) in [7, 11) is 0. The molecule has 0 N–H and O–H groups in total. The monoisotopic (exact) mass is 238 g/mol. The molecule has 0 atom stereocenters. The van der Waals surface area contributed by atoms with E-state index < -0.39 is 0 Å². The molecule has 76 valence electrons. The number of carbonyl (C=O) groups excluding carboxylic acids is 1. The second kappa shape index (κ2) is 4.51. The molecule has 2 aromatic rings. The summed E-state index contributed by atoms with van der Waals surface area (Å²) in [5.41, 5.74) is 0.637. The van der Waals surface area contributed by atoms with Gasteiger partial charge in [-0.2, -0.15) is 5.10 Å². The zero-order valence-corrected chi connectivity index (χ0v) is 9.26. The third-order valence-electron chi connectivity index (χ3n) is 1.82. The first-order valence-corrected chi connectivity index (χ1v) is 5.56. The van der Waals surface area contributed by atoms with Gasteiger partial charge in [0.2, 0.25) is 0 Å². The molecule has 0 fully saturated rings. The Morgan fingerprint density at radius 2 is 2.20 bits per heavy atom. The van der Waals surface area contributed by atoms with E-state index in [0.717, 1.165) is 4.88 Å². The van der Waals surface area contributed by atoms with E-state index >= 15 is 0 Å². The zero-order chi connectivity index (χ0) is 10.7. The Morgan fingerprint density at radius 3 is 2.80 bits per heavy atom. The molecule has 0 bridgehead atoms. The van der Waals surface area contributed by atoms with E-state index in [-0.39, 0.29) is 12.2 Å². The minimum Gasteiger partial charge on any atom is -0.293 e. The van der Waals surface area contributed by atoms with Crippen molar-refractivity contribution in [3.05, 3.63) is 45.4 Å². The van der Waals surface area contributed by atoms with Gasteiger partial charge in [0.1, 0.15) is 0 Å². The van der Waals surface area contributed by atoms with Gasteiger partial charge in [-0.25, -0.2) is 0 Å². The van der Waals surface area contributed by atoms with Crippen molar-refractivity contribution in [3.8, 4) is 0 Å². The van der Waals surface area contributed by atoms with Crippen molar-refractivity contribution >= 4 is 28.7 Å². The molecule has 0 amide bonds. The Labute approximate surface area is 95.7 Å². The van der Waals surface area contributed by atoms with Crippen molar-refractivity contribution in [2.45, 2.75) is 6.42 Å². The number of aromatic nitrogens is 2. The van der Waals surface area contributed by atoms with Crippen LogP contribution in [0.5, 0.6) is 0 Å². The Bertz CT molecular complexity index is 453. The SMILES string of the molecule is O=C(Cc1ccc(Cl)nn1)c1cccs1. The summed E-state index contributed by atoms with van der Waals surface area (Å²) in [6.07, 6.45) is 0.269. The highest BCUT2D eigenvalue weighted by atomic mass is 35.5. The van der Waals surface area contributed by atoms with Crippen molar-refractivity contribution < 1.29 is 4.79 Å². The van der Waals surface area contributed by atoms with Crippen molar-refractivity contribution in [2.24, 2.45) is 0 Å². The Kier molecular flexibility index (Phi) is 3.08. The number of thiophene rings is 1. The van der Waals surface area contributed by atoms with Crippen LogP contribution >= 0.6 is 22.9 Å². The average Bonchev–Trinajstić information content (AvgIpc) is 2.74. The molecular weight excluding hydrogens is 232 g/mol. The van der Waals surface area contributed by atoms with E-state index in [4.69, 9.17) is 11.6 Å². The van der Waals surface area contributed by atoms with Crippen molar-refractivity contribution in [3.63, 3.8) is 0 Å². The standard InChI is InChI=1S/C10H7ClN2OS/c11-10-4-3-7(12-13-10)6-8(14)9-2-1-5-15-9/h1-5H,6H2. The number of hydrogen-bond acceptors (Lipinski definition) is 4. The lowest BCUT2D eigenvalue weighted by molar-refractivity contribution is 0.0995. The molecule has 3 nitrogen and oxygen atoms in total. The predicted octanol–water partition coefficient (Wildman–Crippen LogP) is 2.62. The van der Waals surface area contributed by atoms with Crippen LogP contribution in [-0.4, -0.2) is 16.0 Å². The first kappa shape index (κ1) is 10.3. The zero-order valence-electron chi connectivity index (χ0n) is 7.68. The van der Waals surface area contributed by atoms with E-state index in [1.807, 2.05) is 11.4 Å². The van der Waals surface area contributed by atoms with Crippen LogP contribution in [0.4, 0.5) is 0 Å². The maximum absolute atomic E-state index is 11.7. The van der Waals surface area contributed by atoms with Crippen molar-refractivity contribution in [1.29, 1.82) is 0 Å². The van der Waals surface area contributed by atoms with Gasteiger partial charge in [-0.15, -0.1) is 16.4 Å². The summed E-state index contributed by atoms with van der Waals surface area (Å²) in [5, 5.41) is 9.72. The summed E-state index contributed by atoms with van der Waals surface area (Å²) < 4.78 is 0. The first-order valence-electron chi connectivity index (χ1n) is 4.30. The molecule has 0 spiro atoms. The largest absolute Gasteiger partial charge is 0.293 e. The maximum atomic E-state index is 11.7. The summed E-state index contributed by atoms with van der Waals surface area (Å²) in [5.74, 6) is 0.0571. The Hall–Kier alpha value is -1.26. The fourth-order valence-corrected chi connectivity index (χ4v) is 1.89. The molecule has 0 saturated carbocycles. The van der Waals surface area contributed by atoms with Gasteiger partial charge in [-0.1, -0.05) is 17.7 Å². The number of halogens is 1. The molecule has 0 saturated heterocycles. The lowest BCUT2D eigenvalue weighted by Crippen LogP contribution is -2.03. The smallest absolute Gasteiger partial charge is 0.178 e. The summed E-state index contributed by atoms with van der Waals surface area (Å²) >= 11 is 7.02. The Morgan fingerprint density at radius 1 is 1.33 bits per heavy atom. The second-order valence-electron chi connectivity index (χ2n) is 2.92. The van der Waals surface area contributed by atoms with Crippen LogP contribution in [0.15, 0.2) is 29.6 Å². The highest BCUT2D eigenvalue weighted by Crippen LogP contribution is 2.12. The van der Waals surface area contributed by atoms with E-state index in [9.17, 15) is 4.79 Å². The van der Waals surface area contributed by atoms with Gasteiger partial charge in [0.05, 0.1) is 17.0 Å². The van der Waals surface area contributed by atoms with E-state index in [0.29, 0.717) is 10.8 Å². The minimum absolute atomic E-state index is 0.0571. The molecule has 0 aromatic carbocycles. The molecule has 15 heavy (non-hydrogen) atoms. The van der Waals surface area contributed by atoms with E-state index in [2.05, 4.69) is 10.2 Å². The molecule has 0 radical (unpaired) electrons. The number of Topliss-reactive ketones (excluding diaryl/α,β-unsaturated/α-hetero) is 1. The molecule has 0 aliphatic rings. The van der Waals surface area contributed by atoms with Gasteiger partial charge >= 0.3 is 0 Å². The molecule has 2 heterocycles. The van der Waals surface area contributed by atoms with Gasteiger partial charge in [-0.05, 0) is 23.6 Å². The molecule has 5 heteroatoms. The summed E-state index contributed by atoms with van der Waals surface area (Å²) in [4.78, 5) is 12.4. The second-order valence-corrected chi connectivity index (χ2v) is 4.26. The fourth-order valence-electron chi connectivity index (χ4n) is 1.13. The highest BCUT2D eigenvalue weighted by Gasteiger charge is 2.08. The first-order chi connectivity index (χ1) is 7.25.